The summed E-state index contributed by atoms with van der Waals surface area (Å²) in [4.78, 5) is 12.0. The molecule has 0 spiro atoms. The largest absolute Gasteiger partial charge is 0.342 e. The van der Waals surface area contributed by atoms with Crippen molar-refractivity contribution in [3.05, 3.63) is 81.1 Å². The predicted molar refractivity (Wildman–Crippen MR) is 76.5 cm³/mol. The van der Waals surface area contributed by atoms with Crippen LogP contribution in [0, 0.1) is 11.6 Å². The van der Waals surface area contributed by atoms with Crippen molar-refractivity contribution < 1.29 is 8.78 Å². The molecule has 0 unspecified atom stereocenters. The van der Waals surface area contributed by atoms with Crippen molar-refractivity contribution in [2.75, 3.05) is 0 Å². The van der Waals surface area contributed by atoms with Crippen LogP contribution in [0.4, 0.5) is 8.78 Å². The van der Waals surface area contributed by atoms with E-state index in [0.717, 1.165) is 22.7 Å². The lowest BCUT2D eigenvalue weighted by Gasteiger charge is -2.11. The van der Waals surface area contributed by atoms with E-state index in [1.165, 1.54) is 6.07 Å². The highest BCUT2D eigenvalue weighted by Gasteiger charge is 2.20. The summed E-state index contributed by atoms with van der Waals surface area (Å²) in [6.45, 7) is 0.229. The number of pyridine rings is 1. The van der Waals surface area contributed by atoms with Crippen LogP contribution in [0.15, 0.2) is 47.4 Å². The second-order valence-corrected chi connectivity index (χ2v) is 5.30. The van der Waals surface area contributed by atoms with Gasteiger partial charge < -0.3 is 4.57 Å². The molecular weight excluding hydrogens is 272 g/mol. The van der Waals surface area contributed by atoms with E-state index in [0.29, 0.717) is 17.4 Å². The molecule has 0 saturated heterocycles. The molecule has 0 amide bonds. The number of halogens is 2. The molecule has 3 aromatic rings. The number of hydrogen-bond acceptors (Lipinski definition) is 1. The Kier molecular flexibility index (Phi) is 2.48. The molecule has 0 bridgehead atoms. The van der Waals surface area contributed by atoms with E-state index >= 15 is 0 Å². The highest BCUT2D eigenvalue weighted by molar-refractivity contribution is 5.83. The molecule has 0 N–H and O–H groups in total. The zero-order valence-corrected chi connectivity index (χ0v) is 11.1. The number of fused-ring (bicyclic) bond motifs is 1. The Labute approximate surface area is 119 Å². The fraction of sp³-hybridized carbons (Fsp3) is 0.118. The van der Waals surface area contributed by atoms with E-state index in [4.69, 9.17) is 0 Å². The lowest BCUT2D eigenvalue weighted by Crippen LogP contribution is -2.10. The van der Waals surface area contributed by atoms with Crippen LogP contribution in [0.2, 0.25) is 0 Å². The zero-order valence-electron chi connectivity index (χ0n) is 11.1. The van der Waals surface area contributed by atoms with Gasteiger partial charge in [0.2, 0.25) is 0 Å². The highest BCUT2D eigenvalue weighted by atomic mass is 19.2. The third-order valence-electron chi connectivity index (χ3n) is 4.08. The van der Waals surface area contributed by atoms with Crippen molar-refractivity contribution in [1.82, 2.24) is 4.57 Å². The van der Waals surface area contributed by atoms with Gasteiger partial charge in [0.25, 0.3) is 0 Å². The Morgan fingerprint density at radius 3 is 2.71 bits per heavy atom. The van der Waals surface area contributed by atoms with E-state index in [1.807, 2.05) is 16.7 Å². The van der Waals surface area contributed by atoms with Crippen molar-refractivity contribution in [2.24, 2.45) is 0 Å². The maximum absolute atomic E-state index is 14.1. The van der Waals surface area contributed by atoms with Gasteiger partial charge in [0, 0.05) is 23.2 Å². The fourth-order valence-corrected chi connectivity index (χ4v) is 3.07. The molecule has 4 rings (SSSR count). The van der Waals surface area contributed by atoms with Crippen LogP contribution in [-0.4, -0.2) is 4.57 Å². The van der Waals surface area contributed by atoms with Crippen LogP contribution in [0.25, 0.3) is 10.9 Å². The van der Waals surface area contributed by atoms with Gasteiger partial charge in [-0.15, -0.1) is 0 Å². The molecule has 2 aromatic carbocycles. The van der Waals surface area contributed by atoms with Crippen molar-refractivity contribution in [3.63, 3.8) is 0 Å². The monoisotopic (exact) mass is 283 g/mol. The van der Waals surface area contributed by atoms with Gasteiger partial charge in [-0.3, -0.25) is 4.79 Å². The second-order valence-electron chi connectivity index (χ2n) is 5.30. The van der Waals surface area contributed by atoms with E-state index < -0.39 is 11.6 Å². The Bertz CT molecular complexity index is 943. The summed E-state index contributed by atoms with van der Waals surface area (Å²) in [5.74, 6) is -1.64. The topological polar surface area (TPSA) is 22.0 Å². The van der Waals surface area contributed by atoms with Crippen molar-refractivity contribution in [1.29, 1.82) is 0 Å². The number of para-hydroxylation sites is 1. The number of rotatable bonds is 0. The lowest BCUT2D eigenvalue weighted by molar-refractivity contribution is 0.494. The summed E-state index contributed by atoms with van der Waals surface area (Å²) in [5, 5.41) is 0.615. The molecular formula is C17H11F2NO. The van der Waals surface area contributed by atoms with Crippen molar-refractivity contribution in [2.45, 2.75) is 13.0 Å². The van der Waals surface area contributed by atoms with Crippen LogP contribution in [-0.2, 0) is 13.0 Å². The third kappa shape index (κ3) is 1.72. The van der Waals surface area contributed by atoms with Gasteiger partial charge >= 0.3 is 0 Å². The smallest absolute Gasteiger partial charge is 0.189 e. The molecule has 21 heavy (non-hydrogen) atoms. The molecule has 0 saturated carbocycles. The lowest BCUT2D eigenvalue weighted by atomic mass is 9.99. The molecule has 2 nitrogen and oxygen atoms in total. The number of hydrogen-bond donors (Lipinski definition) is 0. The van der Waals surface area contributed by atoms with Gasteiger partial charge in [0.1, 0.15) is 0 Å². The molecule has 0 radical (unpaired) electrons. The molecule has 4 heteroatoms. The number of benzene rings is 2. The first-order chi connectivity index (χ1) is 10.1. The minimum Gasteiger partial charge on any atom is -0.342 e. The second kappa shape index (κ2) is 4.25. The third-order valence-corrected chi connectivity index (χ3v) is 4.08. The summed E-state index contributed by atoms with van der Waals surface area (Å²) in [6, 6.07) is 9.77. The molecule has 2 heterocycles. The average molecular weight is 283 g/mol. The highest BCUT2D eigenvalue weighted by Crippen LogP contribution is 2.28. The molecule has 1 aliphatic heterocycles. The van der Waals surface area contributed by atoms with Crippen LogP contribution in [0.5, 0.6) is 0 Å². The number of aromatic nitrogens is 1. The normalized spacial score (nSPS) is 13.0. The molecule has 104 valence electrons. The molecule has 0 atom stereocenters. The van der Waals surface area contributed by atoms with Crippen LogP contribution in [0.3, 0.4) is 0 Å². The summed E-state index contributed by atoms with van der Waals surface area (Å²) < 4.78 is 29.4. The van der Waals surface area contributed by atoms with Crippen molar-refractivity contribution >= 4 is 10.9 Å². The summed E-state index contributed by atoms with van der Waals surface area (Å²) in [5.41, 5.74) is 2.82. The first-order valence-electron chi connectivity index (χ1n) is 6.72. The summed E-state index contributed by atoms with van der Waals surface area (Å²) in [6.07, 6.45) is 2.14. The summed E-state index contributed by atoms with van der Waals surface area (Å²) in [7, 11) is 0. The first kappa shape index (κ1) is 12.3. The van der Waals surface area contributed by atoms with Crippen molar-refractivity contribution in [3.8, 4) is 0 Å². The van der Waals surface area contributed by atoms with Crippen LogP contribution >= 0.6 is 0 Å². The van der Waals surface area contributed by atoms with Gasteiger partial charge in [0.15, 0.2) is 17.1 Å². The van der Waals surface area contributed by atoms with Gasteiger partial charge in [-0.25, -0.2) is 8.78 Å². The molecule has 1 aliphatic rings. The van der Waals surface area contributed by atoms with E-state index in [9.17, 15) is 13.6 Å². The maximum atomic E-state index is 14.1. The maximum Gasteiger partial charge on any atom is 0.189 e. The minimum atomic E-state index is -0.836. The Hall–Kier alpha value is -2.49. The quantitative estimate of drug-likeness (QED) is 0.485. The Morgan fingerprint density at radius 1 is 1.00 bits per heavy atom. The average Bonchev–Trinajstić information content (AvgIpc) is 2.65. The standard InChI is InChI=1S/C17H11F2NO/c18-14-5-4-10-8-11-2-1-3-12-15(21)6-7-20(17(11)12)9-13(10)16(14)19/h1-7H,8-9H2. The SMILES string of the molecule is O=c1ccn2c3c(cccc13)Cc1ccc(F)c(F)c1C2. The first-order valence-corrected chi connectivity index (χ1v) is 6.72. The number of nitrogens with zero attached hydrogens (tertiary/aromatic N) is 1. The fourth-order valence-electron chi connectivity index (χ4n) is 3.07. The molecule has 1 aromatic heterocycles. The van der Waals surface area contributed by atoms with Crippen LogP contribution in [0.1, 0.15) is 16.7 Å². The summed E-state index contributed by atoms with van der Waals surface area (Å²) >= 11 is 0. The van der Waals surface area contributed by atoms with Gasteiger partial charge in [-0.2, -0.15) is 0 Å². The van der Waals surface area contributed by atoms with E-state index in [1.54, 1.807) is 18.3 Å². The minimum absolute atomic E-state index is 0.0549. The Morgan fingerprint density at radius 2 is 1.86 bits per heavy atom. The molecule has 0 aliphatic carbocycles. The van der Waals surface area contributed by atoms with Gasteiger partial charge in [0.05, 0.1) is 12.1 Å². The van der Waals surface area contributed by atoms with Gasteiger partial charge in [-0.05, 0) is 29.7 Å². The van der Waals surface area contributed by atoms with E-state index in [-0.39, 0.29) is 12.0 Å². The van der Waals surface area contributed by atoms with Crippen LogP contribution < -0.4 is 5.43 Å². The predicted octanol–water partition coefficient (Wildman–Crippen LogP) is 3.23. The van der Waals surface area contributed by atoms with Gasteiger partial charge in [-0.1, -0.05) is 18.2 Å². The Balaban J connectivity index is 2.10. The van der Waals surface area contributed by atoms with E-state index in [2.05, 4.69) is 0 Å². The molecule has 0 fully saturated rings. The zero-order chi connectivity index (χ0) is 14.6.